The lowest BCUT2D eigenvalue weighted by Gasteiger charge is -2.08. The second kappa shape index (κ2) is 6.42. The summed E-state index contributed by atoms with van der Waals surface area (Å²) in [6, 6.07) is 9.72. The molecular formula is C16H15ClN2O2S. The molecule has 0 saturated heterocycles. The second-order valence-corrected chi connectivity index (χ2v) is 6.44. The number of ether oxygens (including phenoxy) is 1. The molecule has 0 aliphatic rings. The highest BCUT2D eigenvalue weighted by molar-refractivity contribution is 7.15. The summed E-state index contributed by atoms with van der Waals surface area (Å²) in [7, 11) is 1.61. The van der Waals surface area contributed by atoms with Gasteiger partial charge in [0.15, 0.2) is 5.76 Å². The van der Waals surface area contributed by atoms with E-state index in [9.17, 15) is 0 Å². The quantitative estimate of drug-likeness (QED) is 0.714. The van der Waals surface area contributed by atoms with Crippen LogP contribution in [0.5, 0.6) is 5.75 Å². The molecule has 1 aromatic carbocycles. The molecule has 22 heavy (non-hydrogen) atoms. The monoisotopic (exact) mass is 334 g/mol. The van der Waals surface area contributed by atoms with Crippen LogP contribution in [0.4, 0.5) is 5.69 Å². The fourth-order valence-corrected chi connectivity index (χ4v) is 3.37. The first-order valence-electron chi connectivity index (χ1n) is 6.75. The SMILES string of the molecule is COc1ccc(CNc2cc(-c3ccno3)sc2C)cc1Cl. The van der Waals surface area contributed by atoms with Gasteiger partial charge in [-0.15, -0.1) is 11.3 Å². The van der Waals surface area contributed by atoms with E-state index in [1.165, 1.54) is 4.88 Å². The van der Waals surface area contributed by atoms with Crippen molar-refractivity contribution in [2.24, 2.45) is 0 Å². The molecule has 0 radical (unpaired) electrons. The Morgan fingerprint density at radius 1 is 1.32 bits per heavy atom. The lowest BCUT2D eigenvalue weighted by atomic mass is 10.2. The standard InChI is InChI=1S/C16H15ClN2O2S/c1-10-13(8-16(22-10)15-5-6-19-21-15)18-9-11-3-4-14(20-2)12(17)7-11/h3-8,18H,9H2,1-2H3. The fraction of sp³-hybridized carbons (Fsp3) is 0.188. The highest BCUT2D eigenvalue weighted by Crippen LogP contribution is 2.34. The first kappa shape index (κ1) is 14.9. The average Bonchev–Trinajstić information content (AvgIpc) is 3.15. The van der Waals surface area contributed by atoms with Gasteiger partial charge in [-0.2, -0.15) is 0 Å². The number of aryl methyl sites for hydroxylation is 1. The van der Waals surface area contributed by atoms with Crippen molar-refractivity contribution in [1.82, 2.24) is 5.16 Å². The van der Waals surface area contributed by atoms with Crippen molar-refractivity contribution in [3.8, 4) is 16.4 Å². The summed E-state index contributed by atoms with van der Waals surface area (Å²) in [5, 5.41) is 7.78. The number of anilines is 1. The molecule has 0 amide bonds. The third-order valence-corrected chi connectivity index (χ3v) is 4.66. The molecule has 0 saturated carbocycles. The number of hydrogen-bond acceptors (Lipinski definition) is 5. The number of nitrogens with zero attached hydrogens (tertiary/aromatic N) is 1. The zero-order valence-electron chi connectivity index (χ0n) is 12.2. The Labute approximate surface area is 137 Å². The minimum Gasteiger partial charge on any atom is -0.495 e. The van der Waals surface area contributed by atoms with E-state index < -0.39 is 0 Å². The maximum Gasteiger partial charge on any atom is 0.176 e. The van der Waals surface area contributed by atoms with E-state index in [0.717, 1.165) is 21.9 Å². The normalized spacial score (nSPS) is 10.7. The lowest BCUT2D eigenvalue weighted by Crippen LogP contribution is -1.99. The van der Waals surface area contributed by atoms with E-state index in [0.29, 0.717) is 17.3 Å². The van der Waals surface area contributed by atoms with Gasteiger partial charge in [-0.1, -0.05) is 22.8 Å². The van der Waals surface area contributed by atoms with Crippen molar-refractivity contribution in [3.63, 3.8) is 0 Å². The first-order chi connectivity index (χ1) is 10.7. The third-order valence-electron chi connectivity index (χ3n) is 3.30. The number of hydrogen-bond donors (Lipinski definition) is 1. The van der Waals surface area contributed by atoms with E-state index in [1.807, 2.05) is 24.3 Å². The van der Waals surface area contributed by atoms with Crippen LogP contribution in [0.25, 0.3) is 10.6 Å². The van der Waals surface area contributed by atoms with Gasteiger partial charge in [-0.25, -0.2) is 0 Å². The summed E-state index contributed by atoms with van der Waals surface area (Å²) in [6.07, 6.45) is 1.65. The van der Waals surface area contributed by atoms with Crippen LogP contribution in [-0.4, -0.2) is 12.3 Å². The van der Waals surface area contributed by atoms with Gasteiger partial charge in [0.2, 0.25) is 0 Å². The molecule has 1 N–H and O–H groups in total. The molecule has 4 nitrogen and oxygen atoms in total. The van der Waals surface area contributed by atoms with Crippen LogP contribution in [0.3, 0.4) is 0 Å². The molecule has 0 spiro atoms. The zero-order valence-corrected chi connectivity index (χ0v) is 13.8. The van der Waals surface area contributed by atoms with Crippen molar-refractivity contribution >= 4 is 28.6 Å². The minimum atomic E-state index is 0.617. The third kappa shape index (κ3) is 3.10. The summed E-state index contributed by atoms with van der Waals surface area (Å²) < 4.78 is 10.4. The van der Waals surface area contributed by atoms with Crippen molar-refractivity contribution < 1.29 is 9.26 Å². The molecule has 2 heterocycles. The van der Waals surface area contributed by atoms with E-state index in [4.69, 9.17) is 20.9 Å². The lowest BCUT2D eigenvalue weighted by molar-refractivity contribution is 0.415. The van der Waals surface area contributed by atoms with Gasteiger partial charge in [0.25, 0.3) is 0 Å². The Balaban J connectivity index is 1.73. The van der Waals surface area contributed by atoms with Gasteiger partial charge in [0.1, 0.15) is 5.75 Å². The maximum atomic E-state index is 6.14. The number of aromatic nitrogens is 1. The summed E-state index contributed by atoms with van der Waals surface area (Å²) >= 11 is 7.82. The summed E-state index contributed by atoms with van der Waals surface area (Å²) in [6.45, 7) is 2.77. The largest absolute Gasteiger partial charge is 0.495 e. The Bertz CT molecular complexity index is 769. The van der Waals surface area contributed by atoms with Crippen LogP contribution in [0, 0.1) is 6.92 Å². The molecule has 0 atom stereocenters. The molecule has 2 aromatic heterocycles. The number of thiophene rings is 1. The molecule has 0 fully saturated rings. The fourth-order valence-electron chi connectivity index (χ4n) is 2.14. The van der Waals surface area contributed by atoms with Gasteiger partial charge in [0.05, 0.1) is 23.2 Å². The van der Waals surface area contributed by atoms with Crippen LogP contribution in [0.15, 0.2) is 41.1 Å². The summed E-state index contributed by atoms with van der Waals surface area (Å²) in [4.78, 5) is 2.26. The number of rotatable bonds is 5. The molecule has 0 bridgehead atoms. The first-order valence-corrected chi connectivity index (χ1v) is 7.94. The van der Waals surface area contributed by atoms with Crippen LogP contribution in [0.2, 0.25) is 5.02 Å². The van der Waals surface area contributed by atoms with Crippen molar-refractivity contribution in [2.75, 3.05) is 12.4 Å². The minimum absolute atomic E-state index is 0.617. The molecule has 3 aromatic rings. The van der Waals surface area contributed by atoms with Gasteiger partial charge < -0.3 is 14.6 Å². The van der Waals surface area contributed by atoms with E-state index >= 15 is 0 Å². The highest BCUT2D eigenvalue weighted by atomic mass is 35.5. The highest BCUT2D eigenvalue weighted by Gasteiger charge is 2.10. The van der Waals surface area contributed by atoms with Crippen molar-refractivity contribution in [1.29, 1.82) is 0 Å². The average molecular weight is 335 g/mol. The van der Waals surface area contributed by atoms with Gasteiger partial charge in [-0.05, 0) is 30.7 Å². The predicted octanol–water partition coefficient (Wildman–Crippen LogP) is 4.99. The predicted molar refractivity (Wildman–Crippen MR) is 89.9 cm³/mol. The molecule has 0 unspecified atom stereocenters. The van der Waals surface area contributed by atoms with E-state index in [1.54, 1.807) is 24.6 Å². The van der Waals surface area contributed by atoms with Crippen molar-refractivity contribution in [3.05, 3.63) is 52.0 Å². The molecular weight excluding hydrogens is 320 g/mol. The Hall–Kier alpha value is -1.98. The number of benzene rings is 1. The molecule has 0 aliphatic carbocycles. The smallest absolute Gasteiger partial charge is 0.176 e. The molecule has 6 heteroatoms. The molecule has 114 valence electrons. The summed E-state index contributed by atoms with van der Waals surface area (Å²) in [5.41, 5.74) is 2.18. The topological polar surface area (TPSA) is 47.3 Å². The second-order valence-electron chi connectivity index (χ2n) is 4.78. The van der Waals surface area contributed by atoms with Crippen LogP contribution >= 0.6 is 22.9 Å². The molecule has 3 rings (SSSR count). The molecule has 0 aliphatic heterocycles. The van der Waals surface area contributed by atoms with Crippen LogP contribution in [-0.2, 0) is 6.54 Å². The van der Waals surface area contributed by atoms with Gasteiger partial charge in [0, 0.05) is 23.2 Å². The zero-order chi connectivity index (χ0) is 15.5. The van der Waals surface area contributed by atoms with E-state index in [2.05, 4.69) is 23.5 Å². The Morgan fingerprint density at radius 2 is 2.18 bits per heavy atom. The Morgan fingerprint density at radius 3 is 2.86 bits per heavy atom. The van der Waals surface area contributed by atoms with Crippen LogP contribution in [0.1, 0.15) is 10.4 Å². The van der Waals surface area contributed by atoms with Crippen LogP contribution < -0.4 is 10.1 Å². The summed E-state index contributed by atoms with van der Waals surface area (Å²) in [5.74, 6) is 1.47. The number of methoxy groups -OCH3 is 1. The maximum absolute atomic E-state index is 6.14. The number of halogens is 1. The number of nitrogens with one attached hydrogen (secondary N) is 1. The Kier molecular flexibility index (Phi) is 4.36. The van der Waals surface area contributed by atoms with Gasteiger partial charge >= 0.3 is 0 Å². The van der Waals surface area contributed by atoms with E-state index in [-0.39, 0.29) is 0 Å². The van der Waals surface area contributed by atoms with Gasteiger partial charge in [-0.3, -0.25) is 0 Å². The van der Waals surface area contributed by atoms with Crippen molar-refractivity contribution in [2.45, 2.75) is 13.5 Å².